The Morgan fingerprint density at radius 3 is 2.63 bits per heavy atom. The molecule has 1 saturated carbocycles. The second-order valence-corrected chi connectivity index (χ2v) is 10.3. The third kappa shape index (κ3) is 5.86. The van der Waals surface area contributed by atoms with Gasteiger partial charge in [-0.25, -0.2) is 0 Å². The van der Waals surface area contributed by atoms with E-state index in [9.17, 15) is 4.79 Å². The summed E-state index contributed by atoms with van der Waals surface area (Å²) in [7, 11) is 0. The van der Waals surface area contributed by atoms with Crippen molar-refractivity contribution in [2.24, 2.45) is 0 Å². The Hall–Kier alpha value is -1.84. The number of carbonyl (C=O) groups is 1. The van der Waals surface area contributed by atoms with Crippen molar-refractivity contribution in [1.82, 2.24) is 10.2 Å². The number of ether oxygens (including phenoxy) is 1. The van der Waals surface area contributed by atoms with Gasteiger partial charge in [0.1, 0.15) is 0 Å². The Bertz CT molecular complexity index is 817. The monoisotopic (exact) mass is 447 g/mol. The molecule has 4 rings (SSSR count). The van der Waals surface area contributed by atoms with E-state index in [-0.39, 0.29) is 11.2 Å². The molecule has 0 bridgehead atoms. The van der Waals surface area contributed by atoms with E-state index in [1.54, 1.807) is 0 Å². The first kappa shape index (κ1) is 21.4. The number of hydrogen-bond acceptors (Lipinski definition) is 8. The molecular formula is C21H29N5O2S2. The van der Waals surface area contributed by atoms with Gasteiger partial charge in [0.05, 0.1) is 18.5 Å². The van der Waals surface area contributed by atoms with Gasteiger partial charge >= 0.3 is 0 Å². The number of amides is 1. The van der Waals surface area contributed by atoms with Crippen LogP contribution in [-0.2, 0) is 9.53 Å². The topological polar surface area (TPSA) is 79.4 Å². The minimum absolute atomic E-state index is 0.0314. The Morgan fingerprint density at radius 2 is 1.90 bits per heavy atom. The SMILES string of the molecule is C[C@H](Sc1nnc(NC2CCCCC2)s1)C(=O)Nc1ccc(N2CCOCC2)cc1. The van der Waals surface area contributed by atoms with E-state index < -0.39 is 0 Å². The average molecular weight is 448 g/mol. The highest BCUT2D eigenvalue weighted by Crippen LogP contribution is 2.31. The molecule has 7 nitrogen and oxygen atoms in total. The van der Waals surface area contributed by atoms with E-state index >= 15 is 0 Å². The number of morpholine rings is 1. The van der Waals surface area contributed by atoms with Crippen molar-refractivity contribution in [3.63, 3.8) is 0 Å². The van der Waals surface area contributed by atoms with E-state index in [2.05, 4.69) is 25.7 Å². The zero-order chi connectivity index (χ0) is 20.8. The van der Waals surface area contributed by atoms with Crippen molar-refractivity contribution in [2.45, 2.75) is 54.7 Å². The second-order valence-electron chi connectivity index (χ2n) is 7.75. The Labute approximate surface area is 186 Å². The van der Waals surface area contributed by atoms with Gasteiger partial charge in [0.15, 0.2) is 4.34 Å². The Balaban J connectivity index is 1.26. The molecule has 1 aliphatic heterocycles. The Morgan fingerprint density at radius 1 is 1.17 bits per heavy atom. The zero-order valence-corrected chi connectivity index (χ0v) is 18.9. The first-order chi connectivity index (χ1) is 14.7. The number of aromatic nitrogens is 2. The highest BCUT2D eigenvalue weighted by atomic mass is 32.2. The summed E-state index contributed by atoms with van der Waals surface area (Å²) in [5.74, 6) is -0.0314. The minimum atomic E-state index is -0.251. The Kier molecular flexibility index (Phi) is 7.46. The third-order valence-corrected chi connectivity index (χ3v) is 7.54. The van der Waals surface area contributed by atoms with Crippen LogP contribution in [0.5, 0.6) is 0 Å². The molecule has 2 aromatic rings. The lowest BCUT2D eigenvalue weighted by atomic mass is 9.96. The van der Waals surface area contributed by atoms with Gasteiger partial charge in [-0.2, -0.15) is 0 Å². The fourth-order valence-corrected chi connectivity index (χ4v) is 5.74. The van der Waals surface area contributed by atoms with E-state index in [0.717, 1.165) is 47.1 Å². The summed E-state index contributed by atoms with van der Waals surface area (Å²) in [4.78, 5) is 14.9. The molecule has 2 aliphatic rings. The summed E-state index contributed by atoms with van der Waals surface area (Å²) >= 11 is 2.98. The van der Waals surface area contributed by atoms with Gasteiger partial charge in [0, 0.05) is 30.5 Å². The molecule has 1 aliphatic carbocycles. The lowest BCUT2D eigenvalue weighted by Crippen LogP contribution is -2.36. The van der Waals surface area contributed by atoms with E-state index in [1.165, 1.54) is 55.2 Å². The van der Waals surface area contributed by atoms with Crippen LogP contribution in [0, 0.1) is 0 Å². The van der Waals surface area contributed by atoms with Gasteiger partial charge in [0.25, 0.3) is 0 Å². The van der Waals surface area contributed by atoms with Gasteiger partial charge in [-0.15, -0.1) is 10.2 Å². The fourth-order valence-electron chi connectivity index (χ4n) is 3.76. The molecule has 1 atom stereocenters. The molecule has 0 unspecified atom stereocenters. The van der Waals surface area contributed by atoms with Gasteiger partial charge in [-0.1, -0.05) is 42.4 Å². The lowest BCUT2D eigenvalue weighted by Gasteiger charge is -2.28. The maximum absolute atomic E-state index is 12.6. The maximum atomic E-state index is 12.6. The van der Waals surface area contributed by atoms with Crippen LogP contribution < -0.4 is 15.5 Å². The van der Waals surface area contributed by atoms with Crippen LogP contribution in [0.1, 0.15) is 39.0 Å². The molecule has 2 fully saturated rings. The highest BCUT2D eigenvalue weighted by molar-refractivity contribution is 8.02. The summed E-state index contributed by atoms with van der Waals surface area (Å²) in [6, 6.07) is 8.51. The van der Waals surface area contributed by atoms with Crippen LogP contribution in [0.2, 0.25) is 0 Å². The third-order valence-electron chi connectivity index (χ3n) is 5.50. The molecule has 0 radical (unpaired) electrons. The van der Waals surface area contributed by atoms with Crippen molar-refractivity contribution < 1.29 is 9.53 Å². The maximum Gasteiger partial charge on any atom is 0.237 e. The number of thioether (sulfide) groups is 1. The molecule has 1 aromatic heterocycles. The van der Waals surface area contributed by atoms with E-state index in [0.29, 0.717) is 6.04 Å². The number of rotatable bonds is 7. The molecule has 2 N–H and O–H groups in total. The summed E-state index contributed by atoms with van der Waals surface area (Å²) in [5.41, 5.74) is 1.96. The van der Waals surface area contributed by atoms with Crippen molar-refractivity contribution >= 4 is 45.5 Å². The van der Waals surface area contributed by atoms with Gasteiger partial charge in [0.2, 0.25) is 11.0 Å². The first-order valence-electron chi connectivity index (χ1n) is 10.7. The van der Waals surface area contributed by atoms with Gasteiger partial charge < -0.3 is 20.3 Å². The van der Waals surface area contributed by atoms with Crippen LogP contribution in [0.25, 0.3) is 0 Å². The highest BCUT2D eigenvalue weighted by Gasteiger charge is 2.19. The standard InChI is InChI=1S/C21H29N5O2S2/c1-15(29-21-25-24-20(30-21)23-16-5-3-2-4-6-16)19(27)22-17-7-9-18(10-8-17)26-11-13-28-14-12-26/h7-10,15-16H,2-6,11-14H2,1H3,(H,22,27)(H,23,24)/t15-/m0/s1. The van der Waals surface area contributed by atoms with E-state index in [4.69, 9.17) is 4.74 Å². The number of hydrogen-bond donors (Lipinski definition) is 2. The van der Waals surface area contributed by atoms with Crippen molar-refractivity contribution in [3.05, 3.63) is 24.3 Å². The van der Waals surface area contributed by atoms with E-state index in [1.807, 2.05) is 31.2 Å². The molecule has 30 heavy (non-hydrogen) atoms. The van der Waals surface area contributed by atoms with Gasteiger partial charge in [-0.3, -0.25) is 4.79 Å². The second kappa shape index (κ2) is 10.5. The predicted octanol–water partition coefficient (Wildman–Crippen LogP) is 4.24. The fraction of sp³-hybridized carbons (Fsp3) is 0.571. The van der Waals surface area contributed by atoms with Crippen molar-refractivity contribution in [2.75, 3.05) is 41.8 Å². The molecule has 1 aromatic carbocycles. The average Bonchev–Trinajstić information content (AvgIpc) is 3.22. The quantitative estimate of drug-likeness (QED) is 0.615. The summed E-state index contributed by atoms with van der Waals surface area (Å²) in [6.07, 6.45) is 6.29. The van der Waals surface area contributed by atoms with Crippen molar-refractivity contribution in [3.8, 4) is 0 Å². The van der Waals surface area contributed by atoms with Crippen LogP contribution in [0.15, 0.2) is 28.6 Å². The molecule has 162 valence electrons. The minimum Gasteiger partial charge on any atom is -0.378 e. The van der Waals surface area contributed by atoms with Crippen LogP contribution in [-0.4, -0.2) is 53.7 Å². The molecule has 2 heterocycles. The normalized spacial score (nSPS) is 18.8. The van der Waals surface area contributed by atoms with Gasteiger partial charge in [-0.05, 0) is 44.0 Å². The summed E-state index contributed by atoms with van der Waals surface area (Å²) in [6.45, 7) is 5.23. The van der Waals surface area contributed by atoms with Crippen LogP contribution in [0.3, 0.4) is 0 Å². The molecular weight excluding hydrogens is 418 g/mol. The molecule has 1 saturated heterocycles. The van der Waals surface area contributed by atoms with Crippen molar-refractivity contribution in [1.29, 1.82) is 0 Å². The zero-order valence-electron chi connectivity index (χ0n) is 17.3. The lowest BCUT2D eigenvalue weighted by molar-refractivity contribution is -0.115. The van der Waals surface area contributed by atoms with Crippen LogP contribution in [0.4, 0.5) is 16.5 Å². The largest absolute Gasteiger partial charge is 0.378 e. The van der Waals surface area contributed by atoms with Crippen LogP contribution >= 0.6 is 23.1 Å². The smallest absolute Gasteiger partial charge is 0.237 e. The predicted molar refractivity (Wildman–Crippen MR) is 124 cm³/mol. The summed E-state index contributed by atoms with van der Waals surface area (Å²) in [5, 5.41) is 15.6. The number of nitrogens with one attached hydrogen (secondary N) is 2. The summed E-state index contributed by atoms with van der Waals surface area (Å²) < 4.78 is 6.22. The number of anilines is 3. The molecule has 9 heteroatoms. The number of nitrogens with zero attached hydrogens (tertiary/aromatic N) is 3. The molecule has 0 spiro atoms. The number of benzene rings is 1. The first-order valence-corrected chi connectivity index (χ1v) is 12.4. The molecule has 1 amide bonds. The number of carbonyl (C=O) groups excluding carboxylic acids is 1.